The molecule has 11 heteroatoms. The number of nitrogens with one attached hydrogen (secondary N) is 1. The number of nitrogens with zero attached hydrogens (tertiary/aromatic N) is 4. The lowest BCUT2D eigenvalue weighted by Gasteiger charge is -2.16. The van der Waals surface area contributed by atoms with Crippen LogP contribution in [0, 0.1) is 0 Å². The topological polar surface area (TPSA) is 137 Å². The minimum atomic E-state index is -0.808. The van der Waals surface area contributed by atoms with Crippen LogP contribution in [0.1, 0.15) is 18.3 Å². The van der Waals surface area contributed by atoms with Crippen molar-refractivity contribution in [3.63, 3.8) is 0 Å². The van der Waals surface area contributed by atoms with Gasteiger partial charge in [-0.3, -0.25) is 13.8 Å². The van der Waals surface area contributed by atoms with Gasteiger partial charge in [0.2, 0.25) is 5.91 Å². The Labute approximate surface area is 157 Å². The maximum atomic E-state index is 12.1. The molecule has 4 heterocycles. The number of aliphatic hydroxyl groups excluding tert-OH is 1. The van der Waals surface area contributed by atoms with Gasteiger partial charge in [0.1, 0.15) is 18.1 Å². The fourth-order valence-corrected chi connectivity index (χ4v) is 3.74. The van der Waals surface area contributed by atoms with E-state index < -0.39 is 24.1 Å². The van der Waals surface area contributed by atoms with Gasteiger partial charge in [-0.1, -0.05) is 0 Å². The Morgan fingerprint density at radius 1 is 1.44 bits per heavy atom. The van der Waals surface area contributed by atoms with E-state index in [2.05, 4.69) is 15.3 Å². The molecule has 0 radical (unpaired) electrons. The number of fused-ring (bicyclic) bond motifs is 1. The van der Waals surface area contributed by atoms with Gasteiger partial charge in [-0.15, -0.1) is 11.3 Å². The zero-order chi connectivity index (χ0) is 19.0. The minimum Gasteiger partial charge on any atom is -0.390 e. The third-order valence-electron chi connectivity index (χ3n) is 4.35. The lowest BCUT2D eigenvalue weighted by Crippen LogP contribution is -2.37. The molecule has 27 heavy (non-hydrogen) atoms. The average molecular weight is 390 g/mol. The number of carbonyl (C=O) groups excluding carboxylic acids is 1. The Morgan fingerprint density at radius 2 is 2.30 bits per heavy atom. The van der Waals surface area contributed by atoms with Crippen LogP contribution >= 0.6 is 11.3 Å². The number of nitrogen functional groups attached to an aromatic ring is 1. The molecule has 0 spiro atoms. The van der Waals surface area contributed by atoms with Gasteiger partial charge < -0.3 is 20.9 Å². The summed E-state index contributed by atoms with van der Waals surface area (Å²) < 4.78 is 8.85. The number of amides is 1. The Kier molecular flexibility index (Phi) is 4.64. The Balaban J connectivity index is 1.33. The van der Waals surface area contributed by atoms with E-state index in [0.717, 1.165) is 4.96 Å². The van der Waals surface area contributed by atoms with Crippen molar-refractivity contribution in [3.05, 3.63) is 46.2 Å². The SMILES string of the molecule is Nc1ccn([C@H]2C[C@H](O)[C@@H](CNC(=O)Cc3cn4ccsc4n3)O2)c(=O)n1. The van der Waals surface area contributed by atoms with Gasteiger partial charge in [-0.2, -0.15) is 4.98 Å². The fourth-order valence-electron chi connectivity index (χ4n) is 3.02. The third kappa shape index (κ3) is 3.70. The predicted octanol–water partition coefficient (Wildman–Crippen LogP) is -0.458. The molecule has 10 nitrogen and oxygen atoms in total. The zero-order valence-electron chi connectivity index (χ0n) is 14.2. The molecular weight excluding hydrogens is 372 g/mol. The summed E-state index contributed by atoms with van der Waals surface area (Å²) in [6.07, 6.45) is 3.46. The molecule has 4 N–H and O–H groups in total. The molecule has 1 aliphatic heterocycles. The molecule has 0 saturated carbocycles. The summed E-state index contributed by atoms with van der Waals surface area (Å²) in [5, 5.41) is 14.8. The summed E-state index contributed by atoms with van der Waals surface area (Å²) in [7, 11) is 0. The van der Waals surface area contributed by atoms with Crippen LogP contribution in [0.5, 0.6) is 0 Å². The molecule has 3 atom stereocenters. The number of hydrogen-bond acceptors (Lipinski definition) is 8. The van der Waals surface area contributed by atoms with E-state index in [9.17, 15) is 14.7 Å². The molecule has 0 aromatic carbocycles. The largest absolute Gasteiger partial charge is 0.390 e. The van der Waals surface area contributed by atoms with Crippen molar-refractivity contribution in [1.29, 1.82) is 0 Å². The highest BCUT2D eigenvalue weighted by atomic mass is 32.1. The molecule has 0 unspecified atom stereocenters. The predicted molar refractivity (Wildman–Crippen MR) is 97.2 cm³/mol. The summed E-state index contributed by atoms with van der Waals surface area (Å²) in [5.41, 5.74) is 5.60. The van der Waals surface area contributed by atoms with Crippen LogP contribution in [-0.4, -0.2) is 48.7 Å². The van der Waals surface area contributed by atoms with Crippen molar-refractivity contribution in [2.45, 2.75) is 31.3 Å². The van der Waals surface area contributed by atoms with Crippen molar-refractivity contribution in [1.82, 2.24) is 24.3 Å². The number of ether oxygens (including phenoxy) is 1. The van der Waals surface area contributed by atoms with E-state index in [1.54, 1.807) is 0 Å². The monoisotopic (exact) mass is 390 g/mol. The first-order valence-corrected chi connectivity index (χ1v) is 9.23. The number of aromatic nitrogens is 4. The van der Waals surface area contributed by atoms with Crippen molar-refractivity contribution in [2.75, 3.05) is 12.3 Å². The number of nitrogens with two attached hydrogens (primary N) is 1. The number of aliphatic hydroxyl groups is 1. The van der Waals surface area contributed by atoms with E-state index in [-0.39, 0.29) is 31.1 Å². The van der Waals surface area contributed by atoms with Crippen LogP contribution in [0.25, 0.3) is 4.96 Å². The van der Waals surface area contributed by atoms with Crippen LogP contribution in [-0.2, 0) is 16.0 Å². The molecule has 1 aliphatic rings. The molecular formula is C16H18N6O4S. The quantitative estimate of drug-likeness (QED) is 0.536. The van der Waals surface area contributed by atoms with E-state index >= 15 is 0 Å². The van der Waals surface area contributed by atoms with E-state index in [4.69, 9.17) is 10.5 Å². The molecule has 0 aliphatic carbocycles. The van der Waals surface area contributed by atoms with E-state index in [1.165, 1.54) is 28.2 Å². The van der Waals surface area contributed by atoms with Gasteiger partial charge in [0.15, 0.2) is 4.96 Å². The van der Waals surface area contributed by atoms with Crippen molar-refractivity contribution in [3.8, 4) is 0 Å². The molecule has 4 rings (SSSR count). The van der Waals surface area contributed by atoms with Crippen LogP contribution in [0.3, 0.4) is 0 Å². The van der Waals surface area contributed by atoms with E-state index in [1.807, 2.05) is 22.2 Å². The summed E-state index contributed by atoms with van der Waals surface area (Å²) in [5.74, 6) is -0.0934. The average Bonchev–Trinajstić information content (AvgIpc) is 3.28. The molecule has 0 bridgehead atoms. The Morgan fingerprint density at radius 3 is 3.07 bits per heavy atom. The van der Waals surface area contributed by atoms with Gasteiger partial charge in [0.05, 0.1) is 18.2 Å². The first-order valence-electron chi connectivity index (χ1n) is 8.35. The highest BCUT2D eigenvalue weighted by molar-refractivity contribution is 7.15. The fraction of sp³-hybridized carbons (Fsp3) is 0.375. The van der Waals surface area contributed by atoms with Gasteiger partial charge >= 0.3 is 5.69 Å². The molecule has 3 aromatic rings. The summed E-state index contributed by atoms with van der Waals surface area (Å²) in [6.45, 7) is 0.135. The number of thiazole rings is 1. The number of hydrogen-bond donors (Lipinski definition) is 3. The second kappa shape index (κ2) is 7.10. The second-order valence-corrected chi connectivity index (χ2v) is 7.15. The lowest BCUT2D eigenvalue weighted by molar-refractivity contribution is -0.121. The summed E-state index contributed by atoms with van der Waals surface area (Å²) >= 11 is 1.50. The number of imidazole rings is 1. The number of anilines is 1. The normalized spacial score (nSPS) is 22.3. The minimum absolute atomic E-state index is 0.123. The van der Waals surface area contributed by atoms with Gasteiger partial charge in [0.25, 0.3) is 0 Å². The first kappa shape index (κ1) is 17.6. The number of rotatable bonds is 5. The zero-order valence-corrected chi connectivity index (χ0v) is 15.0. The second-order valence-electron chi connectivity index (χ2n) is 6.28. The first-order chi connectivity index (χ1) is 13.0. The molecule has 1 fully saturated rings. The maximum Gasteiger partial charge on any atom is 0.351 e. The Bertz CT molecular complexity index is 999. The van der Waals surface area contributed by atoms with Crippen LogP contribution < -0.4 is 16.7 Å². The maximum absolute atomic E-state index is 12.1. The van der Waals surface area contributed by atoms with Gasteiger partial charge in [0, 0.05) is 36.9 Å². The Hall–Kier alpha value is -2.76. The van der Waals surface area contributed by atoms with Crippen LogP contribution in [0.2, 0.25) is 0 Å². The highest BCUT2D eigenvalue weighted by Crippen LogP contribution is 2.27. The summed E-state index contributed by atoms with van der Waals surface area (Å²) in [6, 6.07) is 1.49. The molecule has 1 saturated heterocycles. The van der Waals surface area contributed by atoms with Crippen molar-refractivity contribution < 1.29 is 14.6 Å². The smallest absolute Gasteiger partial charge is 0.351 e. The van der Waals surface area contributed by atoms with Crippen molar-refractivity contribution >= 4 is 28.0 Å². The number of carbonyl (C=O) groups is 1. The molecule has 142 valence electrons. The van der Waals surface area contributed by atoms with Crippen LogP contribution in [0.4, 0.5) is 5.82 Å². The summed E-state index contributed by atoms with van der Waals surface area (Å²) in [4.78, 5) is 32.9. The van der Waals surface area contributed by atoms with Crippen molar-refractivity contribution in [2.24, 2.45) is 0 Å². The molecule has 1 amide bonds. The molecule has 3 aromatic heterocycles. The van der Waals surface area contributed by atoms with Gasteiger partial charge in [-0.25, -0.2) is 9.78 Å². The van der Waals surface area contributed by atoms with E-state index in [0.29, 0.717) is 5.69 Å². The lowest BCUT2D eigenvalue weighted by atomic mass is 10.1. The standard InChI is InChI=1S/C16H18N6O4S/c17-12-1-2-22(15(25)20-12)14-6-10(23)11(26-14)7-18-13(24)5-9-8-21-3-4-27-16(21)19-9/h1-4,8,10-11,14,23H,5-7H2,(H,18,24)(H2,17,20,25)/t10-,11+,14+/m0/s1. The van der Waals surface area contributed by atoms with Gasteiger partial charge in [-0.05, 0) is 6.07 Å². The highest BCUT2D eigenvalue weighted by Gasteiger charge is 2.35. The van der Waals surface area contributed by atoms with Crippen LogP contribution in [0.15, 0.2) is 34.8 Å². The third-order valence-corrected chi connectivity index (χ3v) is 5.12.